The summed E-state index contributed by atoms with van der Waals surface area (Å²) >= 11 is 3.40. The molecule has 84 valence electrons. The lowest BCUT2D eigenvalue weighted by Gasteiger charge is -2.31. The van der Waals surface area contributed by atoms with E-state index in [9.17, 15) is 5.26 Å². The Kier molecular flexibility index (Phi) is 3.17. The number of nitrogens with two attached hydrogens (primary N) is 1. The van der Waals surface area contributed by atoms with Crippen molar-refractivity contribution in [2.45, 2.75) is 18.3 Å². The van der Waals surface area contributed by atoms with Crippen molar-refractivity contribution in [1.82, 2.24) is 0 Å². The number of nitrogens with zero attached hydrogens (tertiary/aromatic N) is 1. The summed E-state index contributed by atoms with van der Waals surface area (Å²) in [5.41, 5.74) is 7.07. The summed E-state index contributed by atoms with van der Waals surface area (Å²) in [6.45, 7) is 1.30. The summed E-state index contributed by atoms with van der Waals surface area (Å²) < 4.78 is 6.17. The number of hydrogen-bond acceptors (Lipinski definition) is 3. The van der Waals surface area contributed by atoms with Gasteiger partial charge in [-0.15, -0.1) is 0 Å². The van der Waals surface area contributed by atoms with Crippen LogP contribution in [0.25, 0.3) is 0 Å². The highest BCUT2D eigenvalue weighted by atomic mass is 79.9. The molecular weight excluding hydrogens is 268 g/mol. The van der Waals surface area contributed by atoms with Gasteiger partial charge in [0.25, 0.3) is 0 Å². The minimum Gasteiger partial charge on any atom is -0.398 e. The lowest BCUT2D eigenvalue weighted by Crippen LogP contribution is -2.32. The quantitative estimate of drug-likeness (QED) is 0.805. The van der Waals surface area contributed by atoms with Crippen LogP contribution in [-0.4, -0.2) is 13.2 Å². The third kappa shape index (κ3) is 1.93. The first-order valence-corrected chi connectivity index (χ1v) is 6.02. The third-order valence-corrected chi connectivity index (χ3v) is 3.80. The van der Waals surface area contributed by atoms with Gasteiger partial charge in [0.1, 0.15) is 0 Å². The Balaban J connectivity index is 2.40. The molecule has 2 rings (SSSR count). The van der Waals surface area contributed by atoms with E-state index in [0.29, 0.717) is 18.9 Å². The Bertz CT molecular complexity index is 433. The van der Waals surface area contributed by atoms with Crippen molar-refractivity contribution < 1.29 is 4.74 Å². The van der Waals surface area contributed by atoms with Crippen molar-refractivity contribution in [3.05, 3.63) is 28.2 Å². The first kappa shape index (κ1) is 11.4. The Morgan fingerprint density at radius 3 is 2.62 bits per heavy atom. The molecule has 16 heavy (non-hydrogen) atoms. The van der Waals surface area contributed by atoms with Crippen LogP contribution in [-0.2, 0) is 10.2 Å². The molecule has 0 radical (unpaired) electrons. The van der Waals surface area contributed by atoms with Crippen molar-refractivity contribution in [2.24, 2.45) is 0 Å². The zero-order chi connectivity index (χ0) is 11.6. The Morgan fingerprint density at radius 1 is 1.38 bits per heavy atom. The lowest BCUT2D eigenvalue weighted by atomic mass is 9.75. The Morgan fingerprint density at radius 2 is 2.06 bits per heavy atom. The van der Waals surface area contributed by atoms with Crippen molar-refractivity contribution in [1.29, 1.82) is 5.26 Å². The molecule has 0 atom stereocenters. The molecule has 0 amide bonds. The second kappa shape index (κ2) is 4.44. The number of ether oxygens (including phenoxy) is 1. The largest absolute Gasteiger partial charge is 0.398 e. The van der Waals surface area contributed by atoms with Gasteiger partial charge in [-0.05, 0) is 46.5 Å². The number of rotatable bonds is 1. The van der Waals surface area contributed by atoms with Crippen LogP contribution in [0.2, 0.25) is 0 Å². The number of benzene rings is 1. The number of hydrogen-bond donors (Lipinski definition) is 1. The van der Waals surface area contributed by atoms with E-state index in [0.717, 1.165) is 22.9 Å². The number of halogens is 1. The zero-order valence-electron chi connectivity index (χ0n) is 8.87. The maximum absolute atomic E-state index is 9.40. The SMILES string of the molecule is N#CC1(c2ccc(N)c(Br)c2)CCOCC1. The van der Waals surface area contributed by atoms with Crippen molar-refractivity contribution in [3.63, 3.8) is 0 Å². The fraction of sp³-hybridized carbons (Fsp3) is 0.417. The fourth-order valence-electron chi connectivity index (χ4n) is 2.01. The number of anilines is 1. The molecule has 4 heteroatoms. The lowest BCUT2D eigenvalue weighted by molar-refractivity contribution is 0.0675. The van der Waals surface area contributed by atoms with E-state index in [2.05, 4.69) is 22.0 Å². The van der Waals surface area contributed by atoms with Crippen LogP contribution in [0.1, 0.15) is 18.4 Å². The molecule has 0 aromatic heterocycles. The van der Waals surface area contributed by atoms with Gasteiger partial charge in [-0.25, -0.2) is 0 Å². The maximum Gasteiger partial charge on any atom is 0.0866 e. The van der Waals surface area contributed by atoms with Crippen LogP contribution >= 0.6 is 15.9 Å². The average molecular weight is 281 g/mol. The predicted molar refractivity (Wildman–Crippen MR) is 65.9 cm³/mol. The molecular formula is C12H13BrN2O. The molecule has 0 bridgehead atoms. The predicted octanol–water partition coefficient (Wildman–Crippen LogP) is 2.60. The minimum absolute atomic E-state index is 0.408. The summed E-state index contributed by atoms with van der Waals surface area (Å²) in [7, 11) is 0. The molecule has 1 fully saturated rings. The molecule has 1 saturated heterocycles. The first-order valence-electron chi connectivity index (χ1n) is 5.22. The summed E-state index contributed by atoms with van der Waals surface area (Å²) in [4.78, 5) is 0. The molecule has 1 heterocycles. The standard InChI is InChI=1S/C12H13BrN2O/c13-10-7-9(1-2-11(10)15)12(8-14)3-5-16-6-4-12/h1-2,7H,3-6,15H2. The van der Waals surface area contributed by atoms with Crippen LogP contribution < -0.4 is 5.73 Å². The van der Waals surface area contributed by atoms with Crippen LogP contribution in [0.5, 0.6) is 0 Å². The van der Waals surface area contributed by atoms with E-state index >= 15 is 0 Å². The Hall–Kier alpha value is -1.05. The first-order chi connectivity index (χ1) is 7.68. The maximum atomic E-state index is 9.40. The topological polar surface area (TPSA) is 59.0 Å². The van der Waals surface area contributed by atoms with Gasteiger partial charge in [0, 0.05) is 23.4 Å². The summed E-state index contributed by atoms with van der Waals surface area (Å²) in [6.07, 6.45) is 1.50. The summed E-state index contributed by atoms with van der Waals surface area (Å²) in [6, 6.07) is 8.17. The van der Waals surface area contributed by atoms with E-state index in [-0.39, 0.29) is 0 Å². The van der Waals surface area contributed by atoms with E-state index in [4.69, 9.17) is 10.5 Å². The monoisotopic (exact) mass is 280 g/mol. The molecule has 0 aliphatic carbocycles. The van der Waals surface area contributed by atoms with Gasteiger partial charge in [-0.3, -0.25) is 0 Å². The normalized spacial score (nSPS) is 19.0. The van der Waals surface area contributed by atoms with E-state index in [1.54, 1.807) is 0 Å². The van der Waals surface area contributed by atoms with Crippen molar-refractivity contribution in [2.75, 3.05) is 18.9 Å². The second-order valence-corrected chi connectivity index (χ2v) is 4.90. The molecule has 0 saturated carbocycles. The molecule has 1 aromatic rings. The van der Waals surface area contributed by atoms with Gasteiger partial charge in [-0.1, -0.05) is 6.07 Å². The van der Waals surface area contributed by atoms with Crippen molar-refractivity contribution >= 4 is 21.6 Å². The van der Waals surface area contributed by atoms with Crippen LogP contribution in [0, 0.1) is 11.3 Å². The fourth-order valence-corrected chi connectivity index (χ4v) is 2.39. The van der Waals surface area contributed by atoms with Crippen LogP contribution in [0.3, 0.4) is 0 Å². The molecule has 1 aromatic carbocycles. The van der Waals surface area contributed by atoms with E-state index in [1.807, 2.05) is 18.2 Å². The summed E-state index contributed by atoms with van der Waals surface area (Å²) in [5.74, 6) is 0. The highest BCUT2D eigenvalue weighted by Crippen LogP contribution is 2.36. The van der Waals surface area contributed by atoms with Crippen LogP contribution in [0.4, 0.5) is 5.69 Å². The van der Waals surface area contributed by atoms with Gasteiger partial charge in [-0.2, -0.15) is 5.26 Å². The molecule has 1 aliphatic rings. The van der Waals surface area contributed by atoms with Gasteiger partial charge in [0.15, 0.2) is 0 Å². The van der Waals surface area contributed by atoms with Crippen molar-refractivity contribution in [3.8, 4) is 6.07 Å². The second-order valence-electron chi connectivity index (χ2n) is 4.04. The average Bonchev–Trinajstić information content (AvgIpc) is 2.33. The van der Waals surface area contributed by atoms with Gasteiger partial charge < -0.3 is 10.5 Å². The van der Waals surface area contributed by atoms with Gasteiger partial charge in [0.2, 0.25) is 0 Å². The van der Waals surface area contributed by atoms with Gasteiger partial charge in [0.05, 0.1) is 11.5 Å². The number of nitrogen functional groups attached to an aromatic ring is 1. The van der Waals surface area contributed by atoms with E-state index < -0.39 is 5.41 Å². The zero-order valence-corrected chi connectivity index (χ0v) is 10.5. The summed E-state index contributed by atoms with van der Waals surface area (Å²) in [5, 5.41) is 9.40. The molecule has 0 unspecified atom stereocenters. The molecule has 0 spiro atoms. The van der Waals surface area contributed by atoms with Gasteiger partial charge >= 0.3 is 0 Å². The highest BCUT2D eigenvalue weighted by molar-refractivity contribution is 9.10. The minimum atomic E-state index is -0.408. The smallest absolute Gasteiger partial charge is 0.0866 e. The molecule has 3 nitrogen and oxygen atoms in total. The highest BCUT2D eigenvalue weighted by Gasteiger charge is 2.34. The Labute approximate surface area is 103 Å². The molecule has 1 aliphatic heterocycles. The third-order valence-electron chi connectivity index (χ3n) is 3.11. The van der Waals surface area contributed by atoms with E-state index in [1.165, 1.54) is 0 Å². The number of nitriles is 1. The van der Waals surface area contributed by atoms with Crippen LogP contribution in [0.15, 0.2) is 22.7 Å². The molecule has 2 N–H and O–H groups in total.